The summed E-state index contributed by atoms with van der Waals surface area (Å²) < 4.78 is 23.3. The highest BCUT2D eigenvalue weighted by Crippen LogP contribution is 2.19. The van der Waals surface area contributed by atoms with Crippen LogP contribution < -0.4 is 5.73 Å². The second kappa shape index (κ2) is 5.70. The molecular formula is C12H14FN3O2. The van der Waals surface area contributed by atoms with E-state index in [0.29, 0.717) is 36.0 Å². The van der Waals surface area contributed by atoms with Crippen LogP contribution >= 0.6 is 0 Å². The van der Waals surface area contributed by atoms with E-state index in [-0.39, 0.29) is 12.4 Å². The number of nitrogens with two attached hydrogens (primary N) is 1. The van der Waals surface area contributed by atoms with Gasteiger partial charge in [-0.3, -0.25) is 0 Å². The van der Waals surface area contributed by atoms with Crippen molar-refractivity contribution in [2.24, 2.45) is 5.73 Å². The number of hydrogen-bond acceptors (Lipinski definition) is 5. The van der Waals surface area contributed by atoms with Gasteiger partial charge >= 0.3 is 0 Å². The predicted molar refractivity (Wildman–Crippen MR) is 63.1 cm³/mol. The molecule has 96 valence electrons. The fourth-order valence-corrected chi connectivity index (χ4v) is 1.46. The zero-order valence-corrected chi connectivity index (χ0v) is 10.0. The maximum Gasteiger partial charge on any atom is 0.252 e. The van der Waals surface area contributed by atoms with Gasteiger partial charge in [-0.1, -0.05) is 5.16 Å². The smallest absolute Gasteiger partial charge is 0.252 e. The van der Waals surface area contributed by atoms with E-state index in [9.17, 15) is 4.39 Å². The summed E-state index contributed by atoms with van der Waals surface area (Å²) in [6.07, 6.45) is 0. The Kier molecular flexibility index (Phi) is 4.01. The van der Waals surface area contributed by atoms with Gasteiger partial charge < -0.3 is 15.0 Å². The van der Waals surface area contributed by atoms with E-state index in [1.807, 2.05) is 0 Å². The molecule has 5 nitrogen and oxygen atoms in total. The number of halogens is 1. The first-order chi connectivity index (χ1) is 8.70. The summed E-state index contributed by atoms with van der Waals surface area (Å²) in [6, 6.07) is 4.66. The molecule has 18 heavy (non-hydrogen) atoms. The summed E-state index contributed by atoms with van der Waals surface area (Å²) in [5.74, 6) is 0.540. The number of rotatable bonds is 5. The van der Waals surface area contributed by atoms with Gasteiger partial charge in [0.15, 0.2) is 0 Å². The molecule has 0 amide bonds. The summed E-state index contributed by atoms with van der Waals surface area (Å²) in [7, 11) is 0. The molecule has 6 heteroatoms. The summed E-state index contributed by atoms with van der Waals surface area (Å²) in [5, 5.41) is 3.82. The molecular weight excluding hydrogens is 237 g/mol. The maximum absolute atomic E-state index is 13.1. The highest BCUT2D eigenvalue weighted by Gasteiger charge is 2.09. The molecule has 0 saturated heterocycles. The maximum atomic E-state index is 13.1. The predicted octanol–water partition coefficient (Wildman–Crippen LogP) is 1.66. The zero-order valence-electron chi connectivity index (χ0n) is 10.0. The largest absolute Gasteiger partial charge is 0.370 e. The van der Waals surface area contributed by atoms with Crippen molar-refractivity contribution in [1.29, 1.82) is 0 Å². The van der Waals surface area contributed by atoms with E-state index in [4.69, 9.17) is 15.0 Å². The number of nitrogens with zero attached hydrogens (tertiary/aromatic N) is 2. The molecule has 0 radical (unpaired) electrons. The molecule has 2 aromatic rings. The van der Waals surface area contributed by atoms with Crippen LogP contribution in [0.2, 0.25) is 0 Å². The van der Waals surface area contributed by atoms with Crippen LogP contribution in [0.5, 0.6) is 0 Å². The number of aryl methyl sites for hydroxylation is 1. The Balaban J connectivity index is 2.11. The van der Waals surface area contributed by atoms with Gasteiger partial charge in [-0.15, -0.1) is 0 Å². The van der Waals surface area contributed by atoms with E-state index in [1.54, 1.807) is 19.1 Å². The minimum atomic E-state index is -0.256. The lowest BCUT2D eigenvalue weighted by atomic mass is 10.1. The van der Waals surface area contributed by atoms with Crippen molar-refractivity contribution in [3.63, 3.8) is 0 Å². The van der Waals surface area contributed by atoms with E-state index >= 15 is 0 Å². The molecule has 0 atom stereocenters. The Labute approximate surface area is 104 Å². The van der Waals surface area contributed by atoms with Gasteiger partial charge in [-0.05, 0) is 30.7 Å². The third kappa shape index (κ3) is 2.91. The van der Waals surface area contributed by atoms with Gasteiger partial charge in [0.05, 0.1) is 6.61 Å². The molecule has 0 aliphatic carbocycles. The minimum Gasteiger partial charge on any atom is -0.370 e. The quantitative estimate of drug-likeness (QED) is 0.818. The van der Waals surface area contributed by atoms with Crippen molar-refractivity contribution < 1.29 is 13.7 Å². The Morgan fingerprint density at radius 2 is 2.28 bits per heavy atom. The van der Waals surface area contributed by atoms with Crippen molar-refractivity contribution in [3.05, 3.63) is 35.5 Å². The topological polar surface area (TPSA) is 74.2 Å². The third-order valence-electron chi connectivity index (χ3n) is 2.37. The normalized spacial score (nSPS) is 10.8. The van der Waals surface area contributed by atoms with Crippen molar-refractivity contribution in [2.75, 3.05) is 13.2 Å². The lowest BCUT2D eigenvalue weighted by molar-refractivity contribution is 0.104. The molecule has 0 bridgehead atoms. The summed E-state index contributed by atoms with van der Waals surface area (Å²) in [5.41, 5.74) is 6.54. The van der Waals surface area contributed by atoms with Crippen LogP contribution in [0, 0.1) is 12.7 Å². The Hall–Kier alpha value is -1.79. The van der Waals surface area contributed by atoms with Gasteiger partial charge in [0, 0.05) is 12.1 Å². The molecule has 0 spiro atoms. The monoisotopic (exact) mass is 251 g/mol. The van der Waals surface area contributed by atoms with E-state index in [1.165, 1.54) is 6.07 Å². The van der Waals surface area contributed by atoms with Crippen LogP contribution in [0.1, 0.15) is 11.5 Å². The fraction of sp³-hybridized carbons (Fsp3) is 0.333. The minimum absolute atomic E-state index is 0.227. The van der Waals surface area contributed by atoms with Crippen LogP contribution in [0.4, 0.5) is 4.39 Å². The Morgan fingerprint density at radius 3 is 3.00 bits per heavy atom. The van der Waals surface area contributed by atoms with Crippen LogP contribution in [0.3, 0.4) is 0 Å². The highest BCUT2D eigenvalue weighted by molar-refractivity contribution is 5.55. The molecule has 2 rings (SSSR count). The van der Waals surface area contributed by atoms with Gasteiger partial charge in [0.1, 0.15) is 12.4 Å². The molecule has 0 fully saturated rings. The van der Waals surface area contributed by atoms with Crippen LogP contribution in [0.25, 0.3) is 11.4 Å². The van der Waals surface area contributed by atoms with Gasteiger partial charge in [-0.2, -0.15) is 4.98 Å². The SMILES string of the molecule is Cc1cc(-c2noc(COCCN)n2)ccc1F. The molecule has 0 aliphatic rings. The fourth-order valence-electron chi connectivity index (χ4n) is 1.46. The Bertz CT molecular complexity index is 528. The van der Waals surface area contributed by atoms with Crippen molar-refractivity contribution >= 4 is 0 Å². The first-order valence-corrected chi connectivity index (χ1v) is 5.57. The highest BCUT2D eigenvalue weighted by atomic mass is 19.1. The number of benzene rings is 1. The molecule has 0 unspecified atom stereocenters. The van der Waals surface area contributed by atoms with Gasteiger partial charge in [0.25, 0.3) is 5.89 Å². The first-order valence-electron chi connectivity index (χ1n) is 5.57. The van der Waals surface area contributed by atoms with E-state index in [2.05, 4.69) is 10.1 Å². The molecule has 1 aromatic carbocycles. The van der Waals surface area contributed by atoms with Gasteiger partial charge in [-0.25, -0.2) is 4.39 Å². The number of ether oxygens (including phenoxy) is 1. The summed E-state index contributed by atoms with van der Waals surface area (Å²) in [6.45, 7) is 2.79. The third-order valence-corrected chi connectivity index (χ3v) is 2.37. The molecule has 0 aliphatic heterocycles. The molecule has 1 heterocycles. The first kappa shape index (κ1) is 12.7. The molecule has 0 saturated carbocycles. The second-order valence-electron chi connectivity index (χ2n) is 3.82. The van der Waals surface area contributed by atoms with Gasteiger partial charge in [0.2, 0.25) is 5.82 Å². The zero-order chi connectivity index (χ0) is 13.0. The van der Waals surface area contributed by atoms with Crippen molar-refractivity contribution in [1.82, 2.24) is 10.1 Å². The van der Waals surface area contributed by atoms with Crippen LogP contribution in [-0.4, -0.2) is 23.3 Å². The summed E-state index contributed by atoms with van der Waals surface area (Å²) >= 11 is 0. The van der Waals surface area contributed by atoms with Crippen molar-refractivity contribution in [3.8, 4) is 11.4 Å². The lowest BCUT2D eigenvalue weighted by Crippen LogP contribution is -2.08. The average Bonchev–Trinajstić information content (AvgIpc) is 2.82. The Morgan fingerprint density at radius 1 is 1.44 bits per heavy atom. The number of hydrogen-bond donors (Lipinski definition) is 1. The average molecular weight is 251 g/mol. The lowest BCUT2D eigenvalue weighted by Gasteiger charge is -1.98. The standard InChI is InChI=1S/C12H14FN3O2/c1-8-6-9(2-3-10(8)13)12-15-11(18-16-12)7-17-5-4-14/h2-3,6H,4-5,7,14H2,1H3. The second-order valence-corrected chi connectivity index (χ2v) is 3.82. The van der Waals surface area contributed by atoms with Crippen molar-refractivity contribution in [2.45, 2.75) is 13.5 Å². The van der Waals surface area contributed by atoms with E-state index in [0.717, 1.165) is 0 Å². The van der Waals surface area contributed by atoms with E-state index < -0.39 is 0 Å². The molecule has 2 N–H and O–H groups in total. The summed E-state index contributed by atoms with van der Waals surface area (Å²) in [4.78, 5) is 4.16. The van der Waals surface area contributed by atoms with Crippen LogP contribution in [0.15, 0.2) is 22.7 Å². The van der Waals surface area contributed by atoms with Crippen LogP contribution in [-0.2, 0) is 11.3 Å². The molecule has 1 aromatic heterocycles. The number of aromatic nitrogens is 2.